The third-order valence-electron chi connectivity index (χ3n) is 4.64. The second-order valence-corrected chi connectivity index (χ2v) is 9.42. The van der Waals surface area contributed by atoms with Crippen LogP contribution >= 0.6 is 6.64 Å². The second kappa shape index (κ2) is 6.49. The Morgan fingerprint density at radius 3 is 2.04 bits per heavy atom. The zero-order valence-electron chi connectivity index (χ0n) is 13.4. The number of hydrogen-bond acceptors (Lipinski definition) is 4. The normalized spacial score (nSPS) is 24.7. The molecule has 3 N–H and O–H groups in total. The molecule has 2 atom stereocenters. The first-order valence-electron chi connectivity index (χ1n) is 8.36. The zero-order valence-corrected chi connectivity index (χ0v) is 15.1. The summed E-state index contributed by atoms with van der Waals surface area (Å²) in [7, 11) is 0. The van der Waals surface area contributed by atoms with Gasteiger partial charge in [-0.1, -0.05) is 49.2 Å². The minimum absolute atomic E-state index is 0.0968. The van der Waals surface area contributed by atoms with Crippen molar-refractivity contribution < 1.29 is 9.05 Å². The van der Waals surface area contributed by atoms with Crippen LogP contribution in [0, 0.1) is 0 Å². The third kappa shape index (κ3) is 3.09. The summed E-state index contributed by atoms with van der Waals surface area (Å²) >= 11 is 5.83. The number of nitrogens with two attached hydrogens (primary N) is 1. The van der Waals surface area contributed by atoms with Crippen molar-refractivity contribution in [2.24, 2.45) is 5.73 Å². The van der Waals surface area contributed by atoms with Crippen molar-refractivity contribution in [3.05, 3.63) is 48.5 Å². The van der Waals surface area contributed by atoms with Crippen LogP contribution in [0.15, 0.2) is 48.5 Å². The lowest BCUT2D eigenvalue weighted by molar-refractivity contribution is 0.348. The summed E-state index contributed by atoms with van der Waals surface area (Å²) < 4.78 is 12.4. The van der Waals surface area contributed by atoms with Gasteiger partial charge >= 0.3 is 6.64 Å². The first-order valence-corrected chi connectivity index (χ1v) is 11.0. The van der Waals surface area contributed by atoms with Crippen molar-refractivity contribution in [2.45, 2.75) is 37.8 Å². The van der Waals surface area contributed by atoms with E-state index in [1.54, 1.807) is 0 Å². The summed E-state index contributed by atoms with van der Waals surface area (Å²) in [5, 5.41) is 3.46. The largest absolute Gasteiger partial charge is 0.424 e. The molecular formula is C18H21N2O2PS. The maximum absolute atomic E-state index is 6.28. The zero-order chi connectivity index (χ0) is 16.6. The Hall–Kier alpha value is -1.39. The van der Waals surface area contributed by atoms with Crippen molar-refractivity contribution in [1.29, 1.82) is 0 Å². The van der Waals surface area contributed by atoms with Crippen LogP contribution in [-0.2, 0) is 11.8 Å². The molecule has 0 saturated heterocycles. The molecule has 0 bridgehead atoms. The molecule has 126 valence electrons. The molecule has 4 rings (SSSR count). The number of para-hydroxylation sites is 2. The van der Waals surface area contributed by atoms with Gasteiger partial charge in [0.1, 0.15) is 11.5 Å². The van der Waals surface area contributed by atoms with Gasteiger partial charge in [0.2, 0.25) is 0 Å². The molecule has 6 heteroatoms. The molecule has 2 aliphatic rings. The van der Waals surface area contributed by atoms with Crippen LogP contribution in [0.3, 0.4) is 0 Å². The SMILES string of the molecule is NC1CCCCC1NP1(=S)Oc2ccccc2-c2ccccc2O1. The Balaban J connectivity index is 1.72. The fourth-order valence-electron chi connectivity index (χ4n) is 3.39. The molecule has 4 nitrogen and oxygen atoms in total. The summed E-state index contributed by atoms with van der Waals surface area (Å²) in [6.07, 6.45) is 4.36. The lowest BCUT2D eigenvalue weighted by Crippen LogP contribution is -2.46. The molecule has 1 aliphatic carbocycles. The van der Waals surface area contributed by atoms with Crippen molar-refractivity contribution in [1.82, 2.24) is 5.09 Å². The third-order valence-corrected chi connectivity index (χ3v) is 6.93. The molecule has 2 unspecified atom stereocenters. The molecule has 2 aromatic carbocycles. The number of rotatable bonds is 2. The summed E-state index contributed by atoms with van der Waals surface area (Å²) in [5.74, 6) is 1.53. The predicted octanol–water partition coefficient (Wildman–Crippen LogP) is 4.21. The lowest BCUT2D eigenvalue weighted by Gasteiger charge is -2.33. The van der Waals surface area contributed by atoms with Gasteiger partial charge in [-0.15, -0.1) is 0 Å². The topological polar surface area (TPSA) is 56.5 Å². The van der Waals surface area contributed by atoms with Crippen LogP contribution in [0.2, 0.25) is 0 Å². The van der Waals surface area contributed by atoms with E-state index in [9.17, 15) is 0 Å². The van der Waals surface area contributed by atoms with Gasteiger partial charge in [-0.25, -0.2) is 5.09 Å². The fraction of sp³-hybridized carbons (Fsp3) is 0.333. The average Bonchev–Trinajstić information content (AvgIpc) is 2.70. The highest BCUT2D eigenvalue weighted by Crippen LogP contribution is 2.54. The molecule has 1 aliphatic heterocycles. The van der Waals surface area contributed by atoms with Crippen LogP contribution in [0.5, 0.6) is 11.5 Å². The Morgan fingerprint density at radius 2 is 1.46 bits per heavy atom. The van der Waals surface area contributed by atoms with Gasteiger partial charge in [0, 0.05) is 35.0 Å². The first kappa shape index (κ1) is 16.1. The van der Waals surface area contributed by atoms with Gasteiger partial charge < -0.3 is 14.8 Å². The number of nitrogens with one attached hydrogen (secondary N) is 1. The lowest BCUT2D eigenvalue weighted by atomic mass is 9.92. The van der Waals surface area contributed by atoms with Gasteiger partial charge in [0.05, 0.1) is 0 Å². The predicted molar refractivity (Wildman–Crippen MR) is 101 cm³/mol. The summed E-state index contributed by atoms with van der Waals surface area (Å²) in [4.78, 5) is 0. The minimum atomic E-state index is -2.72. The van der Waals surface area contributed by atoms with Crippen LogP contribution in [0.1, 0.15) is 25.7 Å². The molecule has 1 heterocycles. The van der Waals surface area contributed by atoms with E-state index < -0.39 is 6.64 Å². The van der Waals surface area contributed by atoms with Crippen molar-refractivity contribution >= 4 is 18.4 Å². The Labute approximate surface area is 147 Å². The highest BCUT2D eigenvalue weighted by atomic mass is 32.5. The van der Waals surface area contributed by atoms with Crippen LogP contribution < -0.4 is 19.9 Å². The Morgan fingerprint density at radius 1 is 0.917 bits per heavy atom. The monoisotopic (exact) mass is 360 g/mol. The van der Waals surface area contributed by atoms with E-state index in [0.717, 1.165) is 41.9 Å². The molecule has 0 amide bonds. The Bertz CT molecular complexity index is 747. The van der Waals surface area contributed by atoms with Crippen LogP contribution in [0.25, 0.3) is 11.1 Å². The van der Waals surface area contributed by atoms with E-state index in [1.807, 2.05) is 48.5 Å². The first-order chi connectivity index (χ1) is 11.6. The smallest absolute Gasteiger partial charge is 0.365 e. The van der Waals surface area contributed by atoms with Crippen molar-refractivity contribution in [3.63, 3.8) is 0 Å². The average molecular weight is 360 g/mol. The van der Waals surface area contributed by atoms with Crippen molar-refractivity contribution in [2.75, 3.05) is 0 Å². The molecule has 2 aromatic rings. The van der Waals surface area contributed by atoms with E-state index in [4.69, 9.17) is 26.6 Å². The molecule has 0 spiro atoms. The number of hydrogen-bond donors (Lipinski definition) is 2. The molecular weight excluding hydrogens is 339 g/mol. The van der Waals surface area contributed by atoms with Crippen molar-refractivity contribution in [3.8, 4) is 22.6 Å². The summed E-state index contributed by atoms with van der Waals surface area (Å²) in [6.45, 7) is -2.72. The second-order valence-electron chi connectivity index (χ2n) is 6.36. The standard InChI is InChI=1S/C18H21N2O2PS/c19-15-9-3-4-10-16(15)20-23(24)21-17-11-5-1-7-13(17)14-8-2-6-12-18(14)22-23/h1-2,5-8,11-12,15-16H,3-4,9-10,19H2,(H,20,24). The highest BCUT2D eigenvalue weighted by molar-refractivity contribution is 8.09. The van der Waals surface area contributed by atoms with Crippen LogP contribution in [-0.4, -0.2) is 12.1 Å². The quantitative estimate of drug-likeness (QED) is 0.786. The van der Waals surface area contributed by atoms with Gasteiger partial charge in [-0.05, 0) is 25.0 Å². The summed E-state index contributed by atoms with van der Waals surface area (Å²) in [6, 6.07) is 16.1. The van der Waals surface area contributed by atoms with Gasteiger partial charge in [-0.3, -0.25) is 0 Å². The number of fused-ring (bicyclic) bond motifs is 3. The van der Waals surface area contributed by atoms with E-state index in [-0.39, 0.29) is 12.1 Å². The van der Waals surface area contributed by atoms with Gasteiger partial charge in [-0.2, -0.15) is 0 Å². The molecule has 24 heavy (non-hydrogen) atoms. The van der Waals surface area contributed by atoms with Gasteiger partial charge in [0.15, 0.2) is 0 Å². The molecule has 0 radical (unpaired) electrons. The molecule has 0 aromatic heterocycles. The van der Waals surface area contributed by atoms with E-state index in [0.29, 0.717) is 0 Å². The van der Waals surface area contributed by atoms with E-state index in [1.165, 1.54) is 6.42 Å². The maximum Gasteiger partial charge on any atom is 0.365 e. The highest BCUT2D eigenvalue weighted by Gasteiger charge is 2.34. The fourth-order valence-corrected chi connectivity index (χ4v) is 5.98. The van der Waals surface area contributed by atoms with E-state index >= 15 is 0 Å². The molecule has 1 saturated carbocycles. The van der Waals surface area contributed by atoms with Gasteiger partial charge in [0.25, 0.3) is 0 Å². The maximum atomic E-state index is 6.28. The molecule has 1 fully saturated rings. The Kier molecular flexibility index (Phi) is 4.35. The van der Waals surface area contributed by atoms with Crippen LogP contribution in [0.4, 0.5) is 0 Å². The minimum Gasteiger partial charge on any atom is -0.424 e. The number of benzene rings is 2. The summed E-state index contributed by atoms with van der Waals surface area (Å²) in [5.41, 5.74) is 8.30. The van der Waals surface area contributed by atoms with E-state index in [2.05, 4.69) is 5.09 Å².